The fourth-order valence-electron chi connectivity index (χ4n) is 2.50. The maximum absolute atomic E-state index is 12.1. The smallest absolute Gasteiger partial charge is 0.237 e. The molecule has 3 N–H and O–H groups in total. The molecule has 110 valence electrons. The standard InChI is InChI=1S/C15H22N2O3/c1-9-4-5-14(20-3)12(6-9)10(2)17-15(19)13-7-11(18)8-16-13/h4-6,10-11,13,16,18H,7-8H2,1-3H3,(H,17,19). The number of rotatable bonds is 4. The van der Waals surface area contributed by atoms with E-state index in [4.69, 9.17) is 4.74 Å². The molecule has 3 atom stereocenters. The minimum absolute atomic E-state index is 0.0855. The predicted molar refractivity (Wildman–Crippen MR) is 76.7 cm³/mol. The number of benzene rings is 1. The lowest BCUT2D eigenvalue weighted by Gasteiger charge is -2.20. The Balaban J connectivity index is 2.06. The van der Waals surface area contributed by atoms with E-state index in [9.17, 15) is 9.90 Å². The van der Waals surface area contributed by atoms with Gasteiger partial charge < -0.3 is 20.5 Å². The number of nitrogens with one attached hydrogen (secondary N) is 2. The monoisotopic (exact) mass is 278 g/mol. The molecule has 1 aliphatic rings. The van der Waals surface area contributed by atoms with Crippen LogP contribution in [0.2, 0.25) is 0 Å². The molecule has 0 bridgehead atoms. The lowest BCUT2D eigenvalue weighted by molar-refractivity contribution is -0.123. The van der Waals surface area contributed by atoms with Crippen molar-refractivity contribution in [2.75, 3.05) is 13.7 Å². The van der Waals surface area contributed by atoms with Crippen molar-refractivity contribution in [2.45, 2.75) is 38.5 Å². The van der Waals surface area contributed by atoms with E-state index >= 15 is 0 Å². The summed E-state index contributed by atoms with van der Waals surface area (Å²) in [5.41, 5.74) is 2.08. The molecule has 0 spiro atoms. The number of aryl methyl sites for hydroxylation is 1. The van der Waals surface area contributed by atoms with Gasteiger partial charge in [-0.2, -0.15) is 0 Å². The molecule has 0 aliphatic carbocycles. The second kappa shape index (κ2) is 6.24. The van der Waals surface area contributed by atoms with Gasteiger partial charge >= 0.3 is 0 Å². The Kier molecular flexibility index (Phi) is 4.62. The Morgan fingerprint density at radius 3 is 2.90 bits per heavy atom. The van der Waals surface area contributed by atoms with E-state index in [0.29, 0.717) is 13.0 Å². The van der Waals surface area contributed by atoms with E-state index in [0.717, 1.165) is 16.9 Å². The summed E-state index contributed by atoms with van der Waals surface area (Å²) in [6, 6.07) is 5.44. The van der Waals surface area contributed by atoms with Crippen molar-refractivity contribution < 1.29 is 14.6 Å². The van der Waals surface area contributed by atoms with Crippen LogP contribution < -0.4 is 15.4 Å². The van der Waals surface area contributed by atoms with Gasteiger partial charge in [0.25, 0.3) is 0 Å². The zero-order valence-electron chi connectivity index (χ0n) is 12.1. The van der Waals surface area contributed by atoms with Crippen molar-refractivity contribution in [1.29, 1.82) is 0 Å². The molecule has 2 rings (SSSR count). The molecule has 1 aromatic carbocycles. The van der Waals surface area contributed by atoms with E-state index < -0.39 is 6.10 Å². The highest BCUT2D eigenvalue weighted by Crippen LogP contribution is 2.26. The van der Waals surface area contributed by atoms with E-state index in [1.807, 2.05) is 32.0 Å². The summed E-state index contributed by atoms with van der Waals surface area (Å²) in [6.07, 6.45) is 0.0262. The molecular weight excluding hydrogens is 256 g/mol. The fourth-order valence-corrected chi connectivity index (χ4v) is 2.50. The molecule has 0 aromatic heterocycles. The van der Waals surface area contributed by atoms with Crippen LogP contribution in [-0.4, -0.2) is 36.8 Å². The summed E-state index contributed by atoms with van der Waals surface area (Å²) >= 11 is 0. The molecule has 5 heteroatoms. The third kappa shape index (κ3) is 3.29. The highest BCUT2D eigenvalue weighted by Gasteiger charge is 2.29. The molecule has 1 fully saturated rings. The average molecular weight is 278 g/mol. The molecule has 0 saturated carbocycles. The molecule has 1 saturated heterocycles. The summed E-state index contributed by atoms with van der Waals surface area (Å²) in [6.45, 7) is 4.41. The molecule has 1 aromatic rings. The quantitative estimate of drug-likeness (QED) is 0.765. The topological polar surface area (TPSA) is 70.6 Å². The van der Waals surface area contributed by atoms with E-state index in [-0.39, 0.29) is 18.0 Å². The van der Waals surface area contributed by atoms with E-state index in [2.05, 4.69) is 10.6 Å². The number of carbonyl (C=O) groups excluding carboxylic acids is 1. The van der Waals surface area contributed by atoms with Crippen LogP contribution in [0.1, 0.15) is 30.5 Å². The van der Waals surface area contributed by atoms with Gasteiger partial charge in [-0.1, -0.05) is 17.7 Å². The molecule has 1 heterocycles. The summed E-state index contributed by atoms with van der Waals surface area (Å²) in [5, 5.41) is 15.4. The number of carbonyl (C=O) groups is 1. The van der Waals surface area contributed by atoms with Crippen LogP contribution in [-0.2, 0) is 4.79 Å². The molecule has 1 aliphatic heterocycles. The number of aliphatic hydroxyl groups is 1. The van der Waals surface area contributed by atoms with Crippen LogP contribution in [0.4, 0.5) is 0 Å². The zero-order valence-corrected chi connectivity index (χ0v) is 12.1. The van der Waals surface area contributed by atoms with Crippen molar-refractivity contribution in [3.63, 3.8) is 0 Å². The Morgan fingerprint density at radius 2 is 2.30 bits per heavy atom. The molecule has 5 nitrogen and oxygen atoms in total. The van der Waals surface area contributed by atoms with Crippen molar-refractivity contribution >= 4 is 5.91 Å². The lowest BCUT2D eigenvalue weighted by atomic mass is 10.0. The average Bonchev–Trinajstić information content (AvgIpc) is 2.85. The number of β-amino-alcohol motifs (C(OH)–C–C–N with tert-alkyl or cyclic N) is 1. The third-order valence-electron chi connectivity index (χ3n) is 3.63. The second-order valence-electron chi connectivity index (χ2n) is 5.33. The number of hydrogen-bond acceptors (Lipinski definition) is 4. The third-order valence-corrected chi connectivity index (χ3v) is 3.63. The lowest BCUT2D eigenvalue weighted by Crippen LogP contribution is -2.41. The van der Waals surface area contributed by atoms with Gasteiger partial charge in [0.1, 0.15) is 5.75 Å². The largest absolute Gasteiger partial charge is 0.496 e. The number of amides is 1. The Bertz CT molecular complexity index is 490. The molecule has 1 amide bonds. The maximum atomic E-state index is 12.1. The first-order chi connectivity index (χ1) is 9.51. The van der Waals surface area contributed by atoms with E-state index in [1.165, 1.54) is 0 Å². The van der Waals surface area contributed by atoms with Gasteiger partial charge in [-0.3, -0.25) is 4.79 Å². The van der Waals surface area contributed by atoms with Gasteiger partial charge in [0, 0.05) is 12.1 Å². The van der Waals surface area contributed by atoms with Crippen molar-refractivity contribution in [3.8, 4) is 5.75 Å². The second-order valence-corrected chi connectivity index (χ2v) is 5.33. The van der Waals surface area contributed by atoms with Gasteiger partial charge in [-0.25, -0.2) is 0 Å². The summed E-state index contributed by atoms with van der Waals surface area (Å²) < 4.78 is 5.34. The summed E-state index contributed by atoms with van der Waals surface area (Å²) in [7, 11) is 1.62. The number of ether oxygens (including phenoxy) is 1. The number of hydrogen-bond donors (Lipinski definition) is 3. The number of aliphatic hydroxyl groups excluding tert-OH is 1. The molecular formula is C15H22N2O3. The Hall–Kier alpha value is -1.59. The molecule has 20 heavy (non-hydrogen) atoms. The van der Waals surface area contributed by atoms with Crippen molar-refractivity contribution in [1.82, 2.24) is 10.6 Å². The summed E-state index contributed by atoms with van der Waals surface area (Å²) in [5.74, 6) is 0.681. The first kappa shape index (κ1) is 14.8. The van der Waals surface area contributed by atoms with Gasteiger partial charge in [0.2, 0.25) is 5.91 Å². The van der Waals surface area contributed by atoms with Gasteiger partial charge in [-0.05, 0) is 26.3 Å². The van der Waals surface area contributed by atoms with Gasteiger partial charge in [-0.15, -0.1) is 0 Å². The normalized spacial score (nSPS) is 23.4. The minimum atomic E-state index is -0.436. The van der Waals surface area contributed by atoms with Crippen LogP contribution >= 0.6 is 0 Å². The van der Waals surface area contributed by atoms with Gasteiger partial charge in [0.15, 0.2) is 0 Å². The first-order valence-corrected chi connectivity index (χ1v) is 6.87. The predicted octanol–water partition coefficient (Wildman–Crippen LogP) is 0.904. The van der Waals surface area contributed by atoms with Crippen LogP contribution in [0.3, 0.4) is 0 Å². The first-order valence-electron chi connectivity index (χ1n) is 6.87. The van der Waals surface area contributed by atoms with Crippen molar-refractivity contribution in [3.05, 3.63) is 29.3 Å². The van der Waals surface area contributed by atoms with Gasteiger partial charge in [0.05, 0.1) is 25.3 Å². The highest BCUT2D eigenvalue weighted by atomic mass is 16.5. The van der Waals surface area contributed by atoms with Crippen LogP contribution in [0.25, 0.3) is 0 Å². The Labute approximate surface area is 119 Å². The number of methoxy groups -OCH3 is 1. The van der Waals surface area contributed by atoms with Crippen LogP contribution in [0.5, 0.6) is 5.75 Å². The Morgan fingerprint density at radius 1 is 1.55 bits per heavy atom. The fraction of sp³-hybridized carbons (Fsp3) is 0.533. The highest BCUT2D eigenvalue weighted by molar-refractivity contribution is 5.82. The molecule has 0 radical (unpaired) electrons. The van der Waals surface area contributed by atoms with Crippen LogP contribution in [0, 0.1) is 6.92 Å². The zero-order chi connectivity index (χ0) is 14.7. The maximum Gasteiger partial charge on any atom is 0.237 e. The van der Waals surface area contributed by atoms with E-state index in [1.54, 1.807) is 7.11 Å². The van der Waals surface area contributed by atoms with Crippen LogP contribution in [0.15, 0.2) is 18.2 Å². The van der Waals surface area contributed by atoms with Crippen molar-refractivity contribution in [2.24, 2.45) is 0 Å². The minimum Gasteiger partial charge on any atom is -0.496 e. The molecule has 3 unspecified atom stereocenters. The SMILES string of the molecule is COc1ccc(C)cc1C(C)NC(=O)C1CC(O)CN1. The summed E-state index contributed by atoms with van der Waals surface area (Å²) in [4.78, 5) is 12.1.